The van der Waals surface area contributed by atoms with Crippen molar-refractivity contribution in [3.63, 3.8) is 0 Å². The van der Waals surface area contributed by atoms with Gasteiger partial charge in [0.2, 0.25) is 0 Å². The predicted octanol–water partition coefficient (Wildman–Crippen LogP) is 18.1. The topological polar surface area (TPSA) is 33.5 Å². The van der Waals surface area contributed by atoms with E-state index in [0.717, 1.165) is 106 Å². The quantitative estimate of drug-likeness (QED) is 0.135. The first-order valence-electron chi connectivity index (χ1n) is 26.1. The summed E-state index contributed by atoms with van der Waals surface area (Å²) >= 11 is 0. The maximum absolute atomic E-state index is 16.1. The Balaban J connectivity index is 0.00000579. The maximum atomic E-state index is 16.1. The van der Waals surface area contributed by atoms with Crippen molar-refractivity contribution in [1.82, 2.24) is 9.55 Å². The Morgan fingerprint density at radius 2 is 1.14 bits per heavy atom. The zero-order valence-electron chi connectivity index (χ0n) is 43.1. The Labute approximate surface area is 468 Å². The summed E-state index contributed by atoms with van der Waals surface area (Å²) in [5.74, 6) is 1.48. The molecular weight excluding hydrogens is 1140 g/mol. The third kappa shape index (κ3) is 7.96. The Bertz CT molecular complexity index is 4190. The van der Waals surface area contributed by atoms with Gasteiger partial charge in [0.05, 0.1) is 0 Å². The summed E-state index contributed by atoms with van der Waals surface area (Å²) in [5, 5.41) is 2.13. The van der Waals surface area contributed by atoms with E-state index in [1.807, 2.05) is 24.4 Å². The molecule has 380 valence electrons. The molecular formula is C71H50FN4OPt-3. The fourth-order valence-electron chi connectivity index (χ4n) is 11.9. The molecule has 1 aliphatic carbocycles. The molecule has 14 rings (SSSR count). The van der Waals surface area contributed by atoms with Gasteiger partial charge in [-0.05, 0) is 97.8 Å². The van der Waals surface area contributed by atoms with E-state index < -0.39 is 5.41 Å². The number of hydrogen-bond acceptors (Lipinski definition) is 4. The van der Waals surface area contributed by atoms with Crippen LogP contribution in [0, 0.1) is 24.6 Å². The van der Waals surface area contributed by atoms with Crippen LogP contribution in [-0.2, 0) is 31.9 Å². The second-order valence-corrected chi connectivity index (χ2v) is 20.9. The van der Waals surface area contributed by atoms with Gasteiger partial charge < -0.3 is 19.1 Å². The first-order valence-corrected chi connectivity index (χ1v) is 26.1. The molecule has 0 saturated heterocycles. The van der Waals surface area contributed by atoms with Crippen LogP contribution < -0.4 is 14.5 Å². The van der Waals surface area contributed by atoms with Crippen molar-refractivity contribution in [3.8, 4) is 50.7 Å². The summed E-state index contributed by atoms with van der Waals surface area (Å²) in [4.78, 5) is 9.48. The van der Waals surface area contributed by atoms with E-state index in [-0.39, 0.29) is 32.3 Å². The number of para-hydroxylation sites is 4. The molecule has 1 atom stereocenters. The average molecular weight is 1190 g/mol. The van der Waals surface area contributed by atoms with E-state index in [2.05, 4.69) is 260 Å². The van der Waals surface area contributed by atoms with Gasteiger partial charge in [0.15, 0.2) is 0 Å². The van der Waals surface area contributed by atoms with Crippen molar-refractivity contribution >= 4 is 44.6 Å². The monoisotopic (exact) mass is 1190 g/mol. The molecule has 0 bridgehead atoms. The zero-order chi connectivity index (χ0) is 51.8. The molecule has 0 amide bonds. The molecule has 2 aliphatic rings. The number of rotatable bonds is 9. The Morgan fingerprint density at radius 3 is 1.87 bits per heavy atom. The van der Waals surface area contributed by atoms with Gasteiger partial charge in [-0.3, -0.25) is 0 Å². The largest absolute Gasteiger partial charge is 0.509 e. The molecule has 7 heteroatoms. The number of nitrogens with zero attached hydrogens (tertiary/aromatic N) is 4. The molecule has 0 radical (unpaired) electrons. The fourth-order valence-corrected chi connectivity index (χ4v) is 11.9. The van der Waals surface area contributed by atoms with E-state index in [1.165, 1.54) is 5.56 Å². The second-order valence-electron chi connectivity index (χ2n) is 20.9. The first-order chi connectivity index (χ1) is 37.7. The van der Waals surface area contributed by atoms with E-state index in [0.29, 0.717) is 11.5 Å². The van der Waals surface area contributed by atoms with Crippen LogP contribution in [0.5, 0.6) is 11.5 Å². The van der Waals surface area contributed by atoms with Gasteiger partial charge >= 0.3 is 0 Å². The normalized spacial score (nSPS) is 14.5. The summed E-state index contributed by atoms with van der Waals surface area (Å²) in [6.45, 7) is 8.84. The number of benzene rings is 10. The van der Waals surface area contributed by atoms with E-state index in [1.54, 1.807) is 12.1 Å². The zero-order valence-corrected chi connectivity index (χ0v) is 45.3. The Hall–Kier alpha value is -8.83. The van der Waals surface area contributed by atoms with Gasteiger partial charge in [-0.2, -0.15) is 6.07 Å². The molecule has 2 aromatic heterocycles. The van der Waals surface area contributed by atoms with Crippen molar-refractivity contribution in [3.05, 3.63) is 295 Å². The molecule has 0 saturated carbocycles. The molecule has 5 nitrogen and oxygen atoms in total. The van der Waals surface area contributed by atoms with Gasteiger partial charge in [-0.1, -0.05) is 196 Å². The van der Waals surface area contributed by atoms with Crippen LogP contribution in [0.3, 0.4) is 0 Å². The summed E-state index contributed by atoms with van der Waals surface area (Å²) in [6, 6.07) is 89.0. The van der Waals surface area contributed by atoms with E-state index in [4.69, 9.17) is 9.72 Å². The Kier molecular flexibility index (Phi) is 12.1. The second kappa shape index (κ2) is 19.3. The minimum absolute atomic E-state index is 0. The van der Waals surface area contributed by atoms with Crippen LogP contribution in [0.4, 0.5) is 27.1 Å². The van der Waals surface area contributed by atoms with Crippen LogP contribution in [0.25, 0.3) is 61.0 Å². The minimum Gasteiger partial charge on any atom is -0.509 e. The summed E-state index contributed by atoms with van der Waals surface area (Å²) < 4.78 is 25.5. The van der Waals surface area contributed by atoms with Gasteiger partial charge in [0.1, 0.15) is 11.6 Å². The van der Waals surface area contributed by atoms with Crippen molar-refractivity contribution in [2.45, 2.75) is 31.6 Å². The van der Waals surface area contributed by atoms with Crippen molar-refractivity contribution in [1.29, 1.82) is 0 Å². The van der Waals surface area contributed by atoms with Crippen molar-refractivity contribution in [2.24, 2.45) is 0 Å². The summed E-state index contributed by atoms with van der Waals surface area (Å²) in [5.41, 5.74) is 16.0. The fraction of sp³-hybridized carbons (Fsp3) is 0.0704. The smallest absolute Gasteiger partial charge is 0.135 e. The van der Waals surface area contributed by atoms with Gasteiger partial charge in [-0.15, -0.1) is 53.6 Å². The number of pyridine rings is 1. The number of halogens is 1. The van der Waals surface area contributed by atoms with E-state index in [9.17, 15) is 0 Å². The van der Waals surface area contributed by atoms with E-state index >= 15 is 4.39 Å². The summed E-state index contributed by atoms with van der Waals surface area (Å²) in [7, 11) is 0. The van der Waals surface area contributed by atoms with Crippen LogP contribution in [0.2, 0.25) is 0 Å². The van der Waals surface area contributed by atoms with Crippen molar-refractivity contribution in [2.75, 3.05) is 9.80 Å². The molecule has 0 N–H and O–H groups in total. The molecule has 10 aromatic carbocycles. The standard InChI is InChI=1S/C71H50FN4O.Pt/c1-70(2,3)50-38-39-73-68(42-50)76-64-31-16-14-27-60(64)61-37-35-54(45-67(61)76)77-55-41-51(71(49-24-11-6-12-25-49)62-30-15-13-26-58(62)59-36-34-52(72)43-63(59)71)40-53(44-55)74-46-75(66-33-18-17-32-65(66)74)69-56(47-20-7-4-8-21-47)28-19-29-57(69)48-22-9-5-10-23-48;/h4-43,46H,1-3H3;/q-3;. The molecule has 1 aliphatic heterocycles. The van der Waals surface area contributed by atoms with Gasteiger partial charge in [0, 0.05) is 77.9 Å². The Morgan fingerprint density at radius 1 is 0.513 bits per heavy atom. The van der Waals surface area contributed by atoms with Gasteiger partial charge in [0.25, 0.3) is 0 Å². The molecule has 12 aromatic rings. The number of anilines is 4. The molecule has 0 spiro atoms. The van der Waals surface area contributed by atoms with Crippen molar-refractivity contribution < 1.29 is 30.2 Å². The summed E-state index contributed by atoms with van der Waals surface area (Å²) in [6.07, 6.45) is 1.89. The van der Waals surface area contributed by atoms with Crippen LogP contribution in [0.15, 0.2) is 243 Å². The predicted molar refractivity (Wildman–Crippen MR) is 311 cm³/mol. The number of aromatic nitrogens is 2. The molecule has 78 heavy (non-hydrogen) atoms. The molecule has 1 unspecified atom stereocenters. The molecule has 0 fully saturated rings. The third-order valence-electron chi connectivity index (χ3n) is 15.4. The van der Waals surface area contributed by atoms with Crippen LogP contribution in [0.1, 0.15) is 48.6 Å². The SMILES string of the molecule is CC(C)(C)c1ccnc(-n2c3[c-]c(Oc4[c-]c(N5[CH-]N(c6c(-c7ccccc7)cccc6-c6ccccc6)c6ccccc65)cc(C5(c6ccccc6)c6ccccc6-c6ccc(F)cc65)c4)ccc3c3ccccc32)c1.[Pt]. The van der Waals surface area contributed by atoms with Gasteiger partial charge in [-0.25, -0.2) is 9.37 Å². The van der Waals surface area contributed by atoms with Crippen LogP contribution >= 0.6 is 0 Å². The van der Waals surface area contributed by atoms with Crippen LogP contribution in [-0.4, -0.2) is 9.55 Å². The maximum Gasteiger partial charge on any atom is 0.135 e. The first kappa shape index (κ1) is 48.8. The number of hydrogen-bond donors (Lipinski definition) is 0. The third-order valence-corrected chi connectivity index (χ3v) is 15.4. The molecule has 3 heterocycles. The minimum atomic E-state index is -0.972. The number of ether oxygens (including phenoxy) is 1. The number of fused-ring (bicyclic) bond motifs is 7. The average Bonchev–Trinajstić information content (AvgIpc) is 4.24.